The molecule has 0 bridgehead atoms. The van der Waals surface area contributed by atoms with Crippen LogP contribution in [0.1, 0.15) is 24.0 Å². The summed E-state index contributed by atoms with van der Waals surface area (Å²) in [7, 11) is -2.96. The van der Waals surface area contributed by atoms with Crippen LogP contribution >= 0.6 is 0 Å². The number of thiol groups is 1. The minimum Gasteiger partial charge on any atom is -0.494 e. The first kappa shape index (κ1) is 23.2. The Morgan fingerprint density at radius 2 is 1.80 bits per heavy atom. The fourth-order valence-corrected chi connectivity index (χ4v) is 3.07. The van der Waals surface area contributed by atoms with E-state index in [4.69, 9.17) is 15.0 Å². The van der Waals surface area contributed by atoms with Crippen molar-refractivity contribution in [2.75, 3.05) is 13.2 Å². The van der Waals surface area contributed by atoms with Gasteiger partial charge in [0.1, 0.15) is 18.4 Å². The fraction of sp³-hybridized carbons (Fsp3) is 0.350. The molecule has 0 aromatic heterocycles. The molecular weight excluding hydrogens is 408 g/mol. The van der Waals surface area contributed by atoms with E-state index in [0.29, 0.717) is 18.9 Å². The number of carbonyl (C=O) groups excluding carboxylic acids is 1. The summed E-state index contributed by atoms with van der Waals surface area (Å²) in [6.07, 6.45) is 1.66. The van der Waals surface area contributed by atoms with E-state index in [0.717, 1.165) is 24.0 Å². The summed E-state index contributed by atoms with van der Waals surface area (Å²) in [4.78, 5) is 15.1. The van der Waals surface area contributed by atoms with Crippen LogP contribution in [0, 0.1) is 0 Å². The van der Waals surface area contributed by atoms with Gasteiger partial charge in [0.25, 0.3) is 0 Å². The van der Waals surface area contributed by atoms with Gasteiger partial charge >= 0.3 is 5.97 Å². The van der Waals surface area contributed by atoms with Crippen molar-refractivity contribution in [2.24, 2.45) is 5.11 Å². The van der Waals surface area contributed by atoms with Crippen LogP contribution in [0.2, 0.25) is 0 Å². The van der Waals surface area contributed by atoms with E-state index in [1.54, 1.807) is 24.3 Å². The van der Waals surface area contributed by atoms with Crippen LogP contribution in [0.4, 0.5) is 0 Å². The summed E-state index contributed by atoms with van der Waals surface area (Å²) in [5, 5.41) is 3.46. The Morgan fingerprint density at radius 1 is 1.07 bits per heavy atom. The average molecular weight is 433 g/mol. The number of esters is 1. The van der Waals surface area contributed by atoms with Crippen molar-refractivity contribution in [3.63, 3.8) is 0 Å². The first-order valence-corrected chi connectivity index (χ1v) is 10.6. The highest BCUT2D eigenvalue weighted by Crippen LogP contribution is 2.15. The number of azide groups is 1. The topological polar surface area (TPSA) is 130 Å². The molecule has 2 aromatic rings. The third kappa shape index (κ3) is 8.95. The van der Waals surface area contributed by atoms with Crippen LogP contribution in [0.15, 0.2) is 59.7 Å². The van der Waals surface area contributed by atoms with Gasteiger partial charge in [0.15, 0.2) is 0 Å². The van der Waals surface area contributed by atoms with E-state index in [2.05, 4.69) is 14.7 Å². The Morgan fingerprint density at radius 3 is 2.47 bits per heavy atom. The first-order chi connectivity index (χ1) is 14.6. The highest BCUT2D eigenvalue weighted by atomic mass is 32.2. The molecule has 9 nitrogen and oxygen atoms in total. The van der Waals surface area contributed by atoms with Gasteiger partial charge in [0, 0.05) is 11.5 Å². The SMILES string of the molecule is [N-]=[N+]=NCCCCOc1ccc(CC(N[SH](=O)=O)C(=O)OCc2ccccc2)cc1. The van der Waals surface area contributed by atoms with E-state index in [9.17, 15) is 13.2 Å². The lowest BCUT2D eigenvalue weighted by atomic mass is 10.1. The summed E-state index contributed by atoms with van der Waals surface area (Å²) in [5.41, 5.74) is 9.79. The molecule has 160 valence electrons. The van der Waals surface area contributed by atoms with Crippen LogP contribution in [0.5, 0.6) is 5.75 Å². The monoisotopic (exact) mass is 432 g/mol. The largest absolute Gasteiger partial charge is 0.494 e. The van der Waals surface area contributed by atoms with Crippen LogP contribution in [0.25, 0.3) is 10.4 Å². The van der Waals surface area contributed by atoms with Gasteiger partial charge in [-0.1, -0.05) is 47.6 Å². The summed E-state index contributed by atoms with van der Waals surface area (Å²) in [6, 6.07) is 15.2. The second-order valence-corrected chi connectivity index (χ2v) is 7.16. The molecule has 0 amide bonds. The van der Waals surface area contributed by atoms with Gasteiger partial charge in [0.05, 0.1) is 6.61 Å². The molecule has 0 radical (unpaired) electrons. The molecule has 0 fully saturated rings. The molecule has 10 heteroatoms. The zero-order valence-corrected chi connectivity index (χ0v) is 17.2. The standard InChI is InChI=1S/C20H24N4O5S/c21-24-22-12-4-5-13-28-18-10-8-16(9-11-18)14-19(23-30(26)27)20(25)29-15-17-6-2-1-3-7-17/h1-3,6-11,19,30H,4-5,12-15H2,(H,23,26,27). The lowest BCUT2D eigenvalue weighted by molar-refractivity contribution is -0.146. The number of benzene rings is 2. The average Bonchev–Trinajstić information content (AvgIpc) is 2.75. The van der Waals surface area contributed by atoms with Gasteiger partial charge in [-0.2, -0.15) is 0 Å². The number of hydrogen-bond acceptors (Lipinski definition) is 6. The van der Waals surface area contributed by atoms with Crippen molar-refractivity contribution in [1.29, 1.82) is 0 Å². The van der Waals surface area contributed by atoms with E-state index in [-0.39, 0.29) is 13.0 Å². The van der Waals surface area contributed by atoms with Crippen LogP contribution in [0.3, 0.4) is 0 Å². The second-order valence-electron chi connectivity index (χ2n) is 6.39. The lowest BCUT2D eigenvalue weighted by Crippen LogP contribution is -2.38. The molecule has 0 aliphatic carbocycles. The van der Waals surface area contributed by atoms with Gasteiger partial charge in [-0.05, 0) is 48.1 Å². The maximum atomic E-state index is 12.4. The summed E-state index contributed by atoms with van der Waals surface area (Å²) >= 11 is 0. The summed E-state index contributed by atoms with van der Waals surface area (Å²) in [6.45, 7) is 1.00. The fourth-order valence-electron chi connectivity index (χ4n) is 2.61. The molecule has 0 aliphatic rings. The van der Waals surface area contributed by atoms with Crippen molar-refractivity contribution < 1.29 is 22.7 Å². The predicted octanol–water partition coefficient (Wildman–Crippen LogP) is 2.93. The molecule has 2 aromatic carbocycles. The molecule has 30 heavy (non-hydrogen) atoms. The van der Waals surface area contributed by atoms with Crippen LogP contribution < -0.4 is 9.46 Å². The van der Waals surface area contributed by atoms with Crippen molar-refractivity contribution in [3.05, 3.63) is 76.2 Å². The van der Waals surface area contributed by atoms with Crippen LogP contribution in [-0.2, 0) is 33.4 Å². The molecule has 1 unspecified atom stereocenters. The normalized spacial score (nSPS) is 11.5. The van der Waals surface area contributed by atoms with Crippen molar-refractivity contribution in [1.82, 2.24) is 4.72 Å². The Kier molecular flexibility index (Phi) is 10.2. The van der Waals surface area contributed by atoms with Crippen LogP contribution in [-0.4, -0.2) is 33.6 Å². The smallest absolute Gasteiger partial charge is 0.324 e. The Balaban J connectivity index is 1.87. The highest BCUT2D eigenvalue weighted by molar-refractivity contribution is 7.70. The number of carbonyl (C=O) groups is 1. The van der Waals surface area contributed by atoms with E-state index < -0.39 is 22.9 Å². The summed E-state index contributed by atoms with van der Waals surface area (Å²) in [5.74, 6) is 0.0204. The predicted molar refractivity (Wildman–Crippen MR) is 112 cm³/mol. The van der Waals surface area contributed by atoms with E-state index in [1.165, 1.54) is 0 Å². The number of rotatable bonds is 13. The van der Waals surface area contributed by atoms with Gasteiger partial charge in [-0.25, -0.2) is 13.1 Å². The number of hydrogen-bond donors (Lipinski definition) is 2. The minimum atomic E-state index is -2.96. The number of ether oxygens (including phenoxy) is 2. The maximum absolute atomic E-state index is 12.4. The molecular formula is C20H24N4O5S. The minimum absolute atomic E-state index is 0.0694. The molecule has 0 heterocycles. The van der Waals surface area contributed by atoms with Gasteiger partial charge in [-0.3, -0.25) is 4.79 Å². The highest BCUT2D eigenvalue weighted by Gasteiger charge is 2.21. The molecule has 0 saturated heterocycles. The third-order valence-corrected chi connectivity index (χ3v) is 4.64. The Bertz CT molecular complexity index is 905. The van der Waals surface area contributed by atoms with E-state index in [1.807, 2.05) is 30.3 Å². The number of nitrogens with one attached hydrogen (secondary N) is 1. The third-order valence-electron chi connectivity index (χ3n) is 4.12. The number of unbranched alkanes of at least 4 members (excludes halogenated alkanes) is 1. The van der Waals surface area contributed by atoms with Gasteiger partial charge in [-0.15, -0.1) is 0 Å². The zero-order chi connectivity index (χ0) is 21.6. The van der Waals surface area contributed by atoms with E-state index >= 15 is 0 Å². The van der Waals surface area contributed by atoms with Gasteiger partial charge in [0.2, 0.25) is 10.9 Å². The molecule has 0 spiro atoms. The Labute approximate surface area is 176 Å². The first-order valence-electron chi connectivity index (χ1n) is 9.42. The van der Waals surface area contributed by atoms with Crippen molar-refractivity contribution in [2.45, 2.75) is 31.9 Å². The molecule has 2 rings (SSSR count). The Hall–Kier alpha value is -3.07. The molecule has 1 N–H and O–H groups in total. The quantitative estimate of drug-likeness (QED) is 0.125. The van der Waals surface area contributed by atoms with Crippen molar-refractivity contribution >= 4 is 16.9 Å². The van der Waals surface area contributed by atoms with Crippen molar-refractivity contribution in [3.8, 4) is 5.75 Å². The summed E-state index contributed by atoms with van der Waals surface area (Å²) < 4.78 is 35.3. The zero-order valence-electron chi connectivity index (χ0n) is 16.3. The molecule has 0 aliphatic heterocycles. The molecule has 0 saturated carbocycles. The maximum Gasteiger partial charge on any atom is 0.324 e. The molecule has 1 atom stereocenters. The number of nitrogens with zero attached hydrogens (tertiary/aromatic N) is 3. The van der Waals surface area contributed by atoms with Gasteiger partial charge < -0.3 is 9.47 Å². The lowest BCUT2D eigenvalue weighted by Gasteiger charge is -2.15. The second kappa shape index (κ2) is 13.2.